The van der Waals surface area contributed by atoms with Crippen LogP contribution in [-0.4, -0.2) is 16.5 Å². The Kier molecular flexibility index (Phi) is 4.24. The molecule has 5 heteroatoms. The van der Waals surface area contributed by atoms with E-state index < -0.39 is 0 Å². The molecule has 0 saturated carbocycles. The van der Waals surface area contributed by atoms with Gasteiger partial charge in [0.05, 0.1) is 10.7 Å². The van der Waals surface area contributed by atoms with Gasteiger partial charge in [-0.25, -0.2) is 9.97 Å². The van der Waals surface area contributed by atoms with Gasteiger partial charge in [-0.15, -0.1) is 0 Å². The second kappa shape index (κ2) is 5.74. The molecule has 2 aromatic heterocycles. The quantitative estimate of drug-likeness (QED) is 0.908. The Morgan fingerprint density at radius 2 is 2.11 bits per heavy atom. The maximum absolute atomic E-state index is 5.53. The van der Waals surface area contributed by atoms with Crippen LogP contribution in [0.3, 0.4) is 0 Å². The van der Waals surface area contributed by atoms with Gasteiger partial charge in [0.15, 0.2) is 5.76 Å². The van der Waals surface area contributed by atoms with Crippen LogP contribution in [0.25, 0.3) is 11.5 Å². The summed E-state index contributed by atoms with van der Waals surface area (Å²) >= 11 is 3.49. The number of rotatable bonds is 4. The fraction of sp³-hybridized carbons (Fsp3) is 0.429. The molecule has 0 bridgehead atoms. The fourth-order valence-corrected chi connectivity index (χ4v) is 2.20. The molecule has 0 atom stereocenters. The molecule has 0 aromatic carbocycles. The lowest BCUT2D eigenvalue weighted by Crippen LogP contribution is -2.08. The van der Waals surface area contributed by atoms with Crippen molar-refractivity contribution in [1.82, 2.24) is 9.97 Å². The highest BCUT2D eigenvalue weighted by molar-refractivity contribution is 9.10. The third-order valence-electron chi connectivity index (χ3n) is 2.86. The van der Waals surface area contributed by atoms with Crippen LogP contribution in [0.5, 0.6) is 0 Å². The summed E-state index contributed by atoms with van der Waals surface area (Å²) in [5.74, 6) is 2.71. The molecule has 0 unspecified atom stereocenters. The monoisotopic (exact) mass is 323 g/mol. The number of anilines is 1. The van der Waals surface area contributed by atoms with E-state index in [0.717, 1.165) is 39.7 Å². The molecule has 0 radical (unpaired) electrons. The van der Waals surface area contributed by atoms with Crippen molar-refractivity contribution in [3.8, 4) is 11.5 Å². The molecule has 0 aliphatic carbocycles. The normalized spacial score (nSPS) is 11.1. The molecule has 4 nitrogen and oxygen atoms in total. The average molecular weight is 324 g/mol. The predicted octanol–water partition coefficient (Wildman–Crippen LogP) is 4.36. The van der Waals surface area contributed by atoms with Gasteiger partial charge in [0.25, 0.3) is 0 Å². The summed E-state index contributed by atoms with van der Waals surface area (Å²) in [6, 6.07) is 1.87. The Morgan fingerprint density at radius 1 is 1.37 bits per heavy atom. The molecular weight excluding hydrogens is 306 g/mol. The molecule has 2 heterocycles. The van der Waals surface area contributed by atoms with E-state index in [1.807, 2.05) is 13.0 Å². The van der Waals surface area contributed by atoms with Gasteiger partial charge in [-0.2, -0.15) is 0 Å². The van der Waals surface area contributed by atoms with Crippen LogP contribution in [0.1, 0.15) is 38.1 Å². The summed E-state index contributed by atoms with van der Waals surface area (Å²) < 4.78 is 6.44. The van der Waals surface area contributed by atoms with E-state index in [0.29, 0.717) is 0 Å². The number of nitrogens with one attached hydrogen (secondary N) is 1. The number of nitrogens with zero attached hydrogens (tertiary/aromatic N) is 2. The van der Waals surface area contributed by atoms with Gasteiger partial charge >= 0.3 is 0 Å². The lowest BCUT2D eigenvalue weighted by atomic mass is 10.1. The van der Waals surface area contributed by atoms with Gasteiger partial charge in [-0.3, -0.25) is 0 Å². The Balaban J connectivity index is 2.62. The molecule has 0 amide bonds. The van der Waals surface area contributed by atoms with E-state index in [1.165, 1.54) is 0 Å². The van der Waals surface area contributed by atoms with Gasteiger partial charge < -0.3 is 9.73 Å². The molecular formula is C14H18BrN3O. The number of hydrogen-bond acceptors (Lipinski definition) is 4. The molecule has 0 saturated heterocycles. The van der Waals surface area contributed by atoms with Crippen LogP contribution in [-0.2, 0) is 0 Å². The highest BCUT2D eigenvalue weighted by Gasteiger charge is 2.18. The van der Waals surface area contributed by atoms with Gasteiger partial charge in [-0.05, 0) is 35.8 Å². The Morgan fingerprint density at radius 3 is 2.63 bits per heavy atom. The summed E-state index contributed by atoms with van der Waals surface area (Å²) in [7, 11) is 0. The number of furan rings is 1. The summed E-state index contributed by atoms with van der Waals surface area (Å²) in [5, 5.41) is 3.28. The minimum absolute atomic E-state index is 0.269. The van der Waals surface area contributed by atoms with Gasteiger partial charge in [0.1, 0.15) is 17.3 Å². The summed E-state index contributed by atoms with van der Waals surface area (Å²) in [6.45, 7) is 9.06. The number of hydrogen-bond donors (Lipinski definition) is 1. The Hall–Kier alpha value is -1.36. The summed E-state index contributed by atoms with van der Waals surface area (Å²) in [5.41, 5.74) is 1.84. The molecule has 1 N–H and O–H groups in total. The topological polar surface area (TPSA) is 51.0 Å². The van der Waals surface area contributed by atoms with E-state index >= 15 is 0 Å². The lowest BCUT2D eigenvalue weighted by molar-refractivity contribution is 0.577. The van der Waals surface area contributed by atoms with Gasteiger partial charge in [0.2, 0.25) is 0 Å². The Labute approximate surface area is 121 Å². The van der Waals surface area contributed by atoms with Crippen LogP contribution in [0, 0.1) is 6.92 Å². The molecule has 19 heavy (non-hydrogen) atoms. The smallest absolute Gasteiger partial charge is 0.166 e. The van der Waals surface area contributed by atoms with Crippen molar-refractivity contribution in [2.24, 2.45) is 0 Å². The summed E-state index contributed by atoms with van der Waals surface area (Å²) in [6.07, 6.45) is 1.66. The highest BCUT2D eigenvalue weighted by atomic mass is 79.9. The number of halogens is 1. The van der Waals surface area contributed by atoms with Crippen molar-refractivity contribution in [2.75, 3.05) is 11.9 Å². The largest absolute Gasteiger partial charge is 0.461 e. The van der Waals surface area contributed by atoms with Crippen LogP contribution < -0.4 is 5.32 Å². The van der Waals surface area contributed by atoms with Crippen LogP contribution >= 0.6 is 15.9 Å². The molecule has 2 aromatic rings. The highest BCUT2D eigenvalue weighted by Crippen LogP contribution is 2.33. The second-order valence-electron chi connectivity index (χ2n) is 4.69. The SMILES string of the molecule is CCNc1nc(C(C)C)nc(-c2occc2Br)c1C. The number of aromatic nitrogens is 2. The molecule has 0 fully saturated rings. The standard InChI is InChI=1S/C14H18BrN3O/c1-5-16-14-9(4)11(12-10(15)6-7-19-12)17-13(18-14)8(2)3/h6-8H,5H2,1-4H3,(H,16,17,18). The van der Waals surface area contributed by atoms with Crippen molar-refractivity contribution in [1.29, 1.82) is 0 Å². The first-order chi connectivity index (χ1) is 9.04. The van der Waals surface area contributed by atoms with Crippen molar-refractivity contribution < 1.29 is 4.42 Å². The van der Waals surface area contributed by atoms with Crippen molar-refractivity contribution in [3.63, 3.8) is 0 Å². The zero-order valence-corrected chi connectivity index (χ0v) is 13.2. The maximum atomic E-state index is 5.53. The zero-order valence-electron chi connectivity index (χ0n) is 11.6. The van der Waals surface area contributed by atoms with E-state index in [2.05, 4.69) is 52.0 Å². The first-order valence-corrected chi connectivity index (χ1v) is 7.19. The second-order valence-corrected chi connectivity index (χ2v) is 5.54. The molecule has 0 aliphatic heterocycles. The average Bonchev–Trinajstić information content (AvgIpc) is 2.78. The van der Waals surface area contributed by atoms with Gasteiger partial charge in [0, 0.05) is 18.0 Å². The van der Waals surface area contributed by atoms with Crippen molar-refractivity contribution in [2.45, 2.75) is 33.6 Å². The van der Waals surface area contributed by atoms with Gasteiger partial charge in [-0.1, -0.05) is 13.8 Å². The molecule has 102 valence electrons. The Bertz CT molecular complexity index is 578. The van der Waals surface area contributed by atoms with Crippen LogP contribution in [0.2, 0.25) is 0 Å². The molecule has 0 spiro atoms. The van der Waals surface area contributed by atoms with E-state index in [9.17, 15) is 0 Å². The van der Waals surface area contributed by atoms with E-state index in [-0.39, 0.29) is 5.92 Å². The van der Waals surface area contributed by atoms with Crippen molar-refractivity contribution in [3.05, 3.63) is 28.2 Å². The minimum Gasteiger partial charge on any atom is -0.461 e. The maximum Gasteiger partial charge on any atom is 0.166 e. The van der Waals surface area contributed by atoms with Crippen molar-refractivity contribution >= 4 is 21.7 Å². The third kappa shape index (κ3) is 2.81. The first-order valence-electron chi connectivity index (χ1n) is 6.40. The first kappa shape index (κ1) is 14.1. The predicted molar refractivity (Wildman–Crippen MR) is 80.4 cm³/mol. The van der Waals surface area contributed by atoms with Crippen LogP contribution in [0.15, 0.2) is 21.2 Å². The summed E-state index contributed by atoms with van der Waals surface area (Å²) in [4.78, 5) is 9.23. The fourth-order valence-electron chi connectivity index (χ4n) is 1.82. The third-order valence-corrected chi connectivity index (χ3v) is 3.48. The molecule has 2 rings (SSSR count). The van der Waals surface area contributed by atoms with E-state index in [4.69, 9.17) is 4.42 Å². The molecule has 0 aliphatic rings. The van der Waals surface area contributed by atoms with E-state index in [1.54, 1.807) is 6.26 Å². The lowest BCUT2D eigenvalue weighted by Gasteiger charge is -2.14. The van der Waals surface area contributed by atoms with Crippen LogP contribution in [0.4, 0.5) is 5.82 Å². The zero-order chi connectivity index (χ0) is 14.0. The minimum atomic E-state index is 0.269.